The highest BCUT2D eigenvalue weighted by atomic mass is 32.1. The molecular formula is C23H19F2N5O5S. The number of piperidine rings is 1. The molecule has 1 fully saturated rings. The van der Waals surface area contributed by atoms with Crippen molar-refractivity contribution in [1.29, 1.82) is 0 Å². The molecule has 3 amide bonds. The van der Waals surface area contributed by atoms with Gasteiger partial charge in [0.15, 0.2) is 11.5 Å². The molecular weight excluding hydrogens is 496 g/mol. The van der Waals surface area contributed by atoms with Gasteiger partial charge in [-0.25, -0.2) is 8.78 Å². The Hall–Kier alpha value is -4.13. The van der Waals surface area contributed by atoms with Crippen molar-refractivity contribution in [2.75, 3.05) is 30.5 Å². The lowest BCUT2D eigenvalue weighted by Gasteiger charge is -2.31. The van der Waals surface area contributed by atoms with Gasteiger partial charge in [0.25, 0.3) is 11.8 Å². The summed E-state index contributed by atoms with van der Waals surface area (Å²) in [5, 5.41) is 12.7. The summed E-state index contributed by atoms with van der Waals surface area (Å²) >= 11 is 0.830. The Kier molecular flexibility index (Phi) is 6.46. The molecule has 1 unspecified atom stereocenters. The van der Waals surface area contributed by atoms with E-state index in [0.29, 0.717) is 36.6 Å². The monoisotopic (exact) mass is 515 g/mol. The first-order valence-corrected chi connectivity index (χ1v) is 11.8. The van der Waals surface area contributed by atoms with Crippen LogP contribution in [-0.2, 0) is 4.79 Å². The number of rotatable bonds is 5. The van der Waals surface area contributed by atoms with Gasteiger partial charge < -0.3 is 25.0 Å². The SMILES string of the molecule is O=C(Nc1ccc2c(c1)OCO2)c1nnc(C(=O)N2CCCC(C(=O)Nc3cc(F)ccc3F)C2)s1. The highest BCUT2D eigenvalue weighted by molar-refractivity contribution is 7.15. The summed E-state index contributed by atoms with van der Waals surface area (Å²) in [7, 11) is 0. The van der Waals surface area contributed by atoms with Gasteiger partial charge in [-0.1, -0.05) is 11.3 Å². The number of nitrogens with zero attached hydrogens (tertiary/aromatic N) is 3. The summed E-state index contributed by atoms with van der Waals surface area (Å²) in [6.45, 7) is 0.560. The minimum atomic E-state index is -0.756. The van der Waals surface area contributed by atoms with Gasteiger partial charge in [0.1, 0.15) is 11.6 Å². The number of amides is 3. The van der Waals surface area contributed by atoms with Gasteiger partial charge in [-0.2, -0.15) is 0 Å². The molecule has 2 N–H and O–H groups in total. The van der Waals surface area contributed by atoms with E-state index in [2.05, 4.69) is 20.8 Å². The van der Waals surface area contributed by atoms with Crippen molar-refractivity contribution in [1.82, 2.24) is 15.1 Å². The standard InChI is InChI=1S/C23H19F2N5O5S/c24-13-3-5-15(25)16(8-13)27-19(31)12-2-1-7-30(10-12)23(33)22-29-28-21(36-22)20(32)26-14-4-6-17-18(9-14)35-11-34-17/h3-6,8-9,12H,1-2,7,10-11H2,(H,26,32)(H,27,31). The number of benzene rings is 2. The average Bonchev–Trinajstić information content (AvgIpc) is 3.55. The lowest BCUT2D eigenvalue weighted by molar-refractivity contribution is -0.121. The molecule has 0 spiro atoms. The maximum atomic E-state index is 13.9. The second-order valence-electron chi connectivity index (χ2n) is 8.14. The summed E-state index contributed by atoms with van der Waals surface area (Å²) in [4.78, 5) is 39.6. The largest absolute Gasteiger partial charge is 0.454 e. The number of hydrogen-bond acceptors (Lipinski definition) is 8. The van der Waals surface area contributed by atoms with Gasteiger partial charge in [-0.3, -0.25) is 14.4 Å². The number of carbonyl (C=O) groups is 3. The van der Waals surface area contributed by atoms with Crippen molar-refractivity contribution in [3.05, 3.63) is 58.0 Å². The first kappa shape index (κ1) is 23.6. The predicted octanol–water partition coefficient (Wildman–Crippen LogP) is 3.29. The van der Waals surface area contributed by atoms with E-state index in [0.717, 1.165) is 29.5 Å². The lowest BCUT2D eigenvalue weighted by Crippen LogP contribution is -2.43. The highest BCUT2D eigenvalue weighted by Crippen LogP contribution is 2.34. The molecule has 0 saturated carbocycles. The third-order valence-electron chi connectivity index (χ3n) is 5.70. The Morgan fingerprint density at radius 1 is 1.00 bits per heavy atom. The molecule has 0 bridgehead atoms. The van der Waals surface area contributed by atoms with Crippen LogP contribution in [0.2, 0.25) is 0 Å². The molecule has 2 aromatic carbocycles. The summed E-state index contributed by atoms with van der Waals surface area (Å²) < 4.78 is 37.8. The van der Waals surface area contributed by atoms with Gasteiger partial charge in [0.05, 0.1) is 11.6 Å². The molecule has 0 radical (unpaired) electrons. The fraction of sp³-hybridized carbons (Fsp3) is 0.261. The molecule has 1 saturated heterocycles. The molecule has 2 aliphatic heterocycles. The average molecular weight is 515 g/mol. The number of aromatic nitrogens is 2. The van der Waals surface area contributed by atoms with Crippen molar-refractivity contribution in [3.63, 3.8) is 0 Å². The topological polar surface area (TPSA) is 123 Å². The molecule has 0 aliphatic carbocycles. The van der Waals surface area contributed by atoms with Crippen molar-refractivity contribution in [3.8, 4) is 11.5 Å². The number of anilines is 2. The third kappa shape index (κ3) is 4.96. The van der Waals surface area contributed by atoms with Crippen molar-refractivity contribution < 1.29 is 32.6 Å². The zero-order valence-corrected chi connectivity index (χ0v) is 19.4. The number of hydrogen-bond donors (Lipinski definition) is 2. The van der Waals surface area contributed by atoms with E-state index in [1.165, 1.54) is 4.90 Å². The van der Waals surface area contributed by atoms with Crippen LogP contribution < -0.4 is 20.1 Å². The van der Waals surface area contributed by atoms with Gasteiger partial charge in [-0.05, 0) is 37.1 Å². The first-order chi connectivity index (χ1) is 17.4. The van der Waals surface area contributed by atoms with E-state index in [4.69, 9.17) is 9.47 Å². The number of ether oxygens (including phenoxy) is 2. The zero-order chi connectivity index (χ0) is 25.2. The fourth-order valence-electron chi connectivity index (χ4n) is 3.90. The molecule has 3 aromatic rings. The quantitative estimate of drug-likeness (QED) is 0.535. The van der Waals surface area contributed by atoms with E-state index in [1.54, 1.807) is 18.2 Å². The minimum absolute atomic E-state index is 0.00284. The predicted molar refractivity (Wildman–Crippen MR) is 124 cm³/mol. The Morgan fingerprint density at radius 2 is 1.81 bits per heavy atom. The molecule has 10 nitrogen and oxygen atoms in total. The Balaban J connectivity index is 1.21. The number of fused-ring (bicyclic) bond motifs is 1. The number of nitrogens with one attached hydrogen (secondary N) is 2. The van der Waals surface area contributed by atoms with Crippen LogP contribution in [0.3, 0.4) is 0 Å². The maximum absolute atomic E-state index is 13.9. The second kappa shape index (κ2) is 9.85. The number of likely N-dealkylation sites (tertiary alicyclic amines) is 1. The van der Waals surface area contributed by atoms with Crippen LogP contribution in [-0.4, -0.2) is 52.7 Å². The first-order valence-electron chi connectivity index (χ1n) is 11.0. The van der Waals surface area contributed by atoms with E-state index in [1.807, 2.05) is 0 Å². The second-order valence-corrected chi connectivity index (χ2v) is 9.12. The Labute approximate surface area is 207 Å². The molecule has 5 rings (SSSR count). The smallest absolute Gasteiger partial charge is 0.286 e. The van der Waals surface area contributed by atoms with Crippen LogP contribution >= 0.6 is 11.3 Å². The summed E-state index contributed by atoms with van der Waals surface area (Å²) in [6, 6.07) is 7.71. The van der Waals surface area contributed by atoms with Gasteiger partial charge in [0.2, 0.25) is 22.7 Å². The van der Waals surface area contributed by atoms with Crippen molar-refractivity contribution in [2.45, 2.75) is 12.8 Å². The normalized spacial score (nSPS) is 16.5. The fourth-order valence-corrected chi connectivity index (χ4v) is 4.61. The molecule has 186 valence electrons. The van der Waals surface area contributed by atoms with E-state index in [9.17, 15) is 23.2 Å². The molecule has 1 aromatic heterocycles. The van der Waals surface area contributed by atoms with Gasteiger partial charge in [-0.15, -0.1) is 10.2 Å². The minimum Gasteiger partial charge on any atom is -0.454 e. The maximum Gasteiger partial charge on any atom is 0.286 e. The van der Waals surface area contributed by atoms with Crippen LogP contribution in [0.5, 0.6) is 11.5 Å². The van der Waals surface area contributed by atoms with Crippen LogP contribution in [0.1, 0.15) is 32.4 Å². The van der Waals surface area contributed by atoms with Crippen LogP contribution in [0.15, 0.2) is 36.4 Å². The summed E-state index contributed by atoms with van der Waals surface area (Å²) in [6.07, 6.45) is 1.01. The Bertz CT molecular complexity index is 1350. The van der Waals surface area contributed by atoms with Crippen LogP contribution in [0, 0.1) is 17.6 Å². The number of halogens is 2. The highest BCUT2D eigenvalue weighted by Gasteiger charge is 2.31. The molecule has 36 heavy (non-hydrogen) atoms. The summed E-state index contributed by atoms with van der Waals surface area (Å²) in [5.41, 5.74) is 0.206. The molecule has 13 heteroatoms. The summed E-state index contributed by atoms with van der Waals surface area (Å²) in [5.74, 6) is -2.50. The third-order valence-corrected chi connectivity index (χ3v) is 6.61. The van der Waals surface area contributed by atoms with Crippen LogP contribution in [0.4, 0.5) is 20.2 Å². The van der Waals surface area contributed by atoms with E-state index >= 15 is 0 Å². The van der Waals surface area contributed by atoms with Gasteiger partial charge in [0, 0.05) is 30.9 Å². The Morgan fingerprint density at radius 3 is 2.67 bits per heavy atom. The van der Waals surface area contributed by atoms with Crippen molar-refractivity contribution in [2.24, 2.45) is 5.92 Å². The zero-order valence-electron chi connectivity index (χ0n) is 18.6. The molecule has 1 atom stereocenters. The molecule has 3 heterocycles. The van der Waals surface area contributed by atoms with E-state index in [-0.39, 0.29) is 29.0 Å². The van der Waals surface area contributed by atoms with Crippen molar-refractivity contribution >= 4 is 40.4 Å². The van der Waals surface area contributed by atoms with E-state index < -0.39 is 35.3 Å². The lowest BCUT2D eigenvalue weighted by atomic mass is 9.97. The number of carbonyl (C=O) groups excluding carboxylic acids is 3. The molecule has 2 aliphatic rings. The van der Waals surface area contributed by atoms with Gasteiger partial charge >= 0.3 is 0 Å². The van der Waals surface area contributed by atoms with Crippen LogP contribution in [0.25, 0.3) is 0 Å².